The zero-order valence-electron chi connectivity index (χ0n) is 9.72. The molecule has 0 aliphatic carbocycles. The summed E-state index contributed by atoms with van der Waals surface area (Å²) in [6.07, 6.45) is 5.22. The Bertz CT molecular complexity index is 416. The van der Waals surface area contributed by atoms with Gasteiger partial charge in [0, 0.05) is 11.8 Å². The normalized spacial score (nSPS) is 10.7. The van der Waals surface area contributed by atoms with Gasteiger partial charge in [-0.1, -0.05) is 12.2 Å². The van der Waals surface area contributed by atoms with Gasteiger partial charge in [0.15, 0.2) is 0 Å². The maximum absolute atomic E-state index is 11.1. The van der Waals surface area contributed by atoms with Crippen LogP contribution in [-0.2, 0) is 16.1 Å². The van der Waals surface area contributed by atoms with Crippen LogP contribution >= 0.6 is 0 Å². The number of hydrogen-bond donors (Lipinski definition) is 2. The van der Waals surface area contributed by atoms with E-state index in [-0.39, 0.29) is 19.0 Å². The molecule has 0 fully saturated rings. The number of aliphatic hydroxyl groups excluding tert-OH is 1. The van der Waals surface area contributed by atoms with Crippen molar-refractivity contribution < 1.29 is 14.6 Å². The zero-order chi connectivity index (χ0) is 12.7. The molecule has 0 radical (unpaired) electrons. The maximum atomic E-state index is 11.1. The topological polar surface area (TPSA) is 85.4 Å². The number of rotatable bonds is 5. The molecule has 17 heavy (non-hydrogen) atoms. The fourth-order valence-corrected chi connectivity index (χ4v) is 1.27. The summed E-state index contributed by atoms with van der Waals surface area (Å²) in [6, 6.07) is 1.73. The van der Waals surface area contributed by atoms with Crippen LogP contribution in [0.2, 0.25) is 0 Å². The molecular formula is C12H16N2O3. The smallest absolute Gasteiger partial charge is 0.309 e. The Morgan fingerprint density at radius 2 is 2.41 bits per heavy atom. The molecule has 0 aromatic carbocycles. The highest BCUT2D eigenvalue weighted by atomic mass is 16.5. The van der Waals surface area contributed by atoms with Crippen LogP contribution < -0.4 is 5.73 Å². The molecule has 0 saturated heterocycles. The average molecular weight is 236 g/mol. The van der Waals surface area contributed by atoms with Gasteiger partial charge in [-0.3, -0.25) is 4.79 Å². The summed E-state index contributed by atoms with van der Waals surface area (Å²) in [4.78, 5) is 15.0. The molecule has 3 N–H and O–H groups in total. The lowest BCUT2D eigenvalue weighted by atomic mass is 10.2. The van der Waals surface area contributed by atoms with Crippen molar-refractivity contribution in [1.29, 1.82) is 0 Å². The number of pyridine rings is 1. The third-order valence-corrected chi connectivity index (χ3v) is 2.09. The molecule has 92 valence electrons. The molecule has 1 rings (SSSR count). The summed E-state index contributed by atoms with van der Waals surface area (Å²) < 4.78 is 4.78. The van der Waals surface area contributed by atoms with E-state index in [4.69, 9.17) is 15.6 Å². The second-order valence-corrected chi connectivity index (χ2v) is 3.38. The molecule has 0 aliphatic heterocycles. The van der Waals surface area contributed by atoms with Crippen molar-refractivity contribution >= 4 is 17.9 Å². The minimum Gasteiger partial charge on any atom is -0.466 e. The minimum absolute atomic E-state index is 0.154. The SMILES string of the molecule is CCOC(=O)CC=Cc1cnc(N)c(CO)c1. The second kappa shape index (κ2) is 6.65. The Morgan fingerprint density at radius 1 is 1.65 bits per heavy atom. The summed E-state index contributed by atoms with van der Waals surface area (Å²) in [5.74, 6) is 0.0459. The highest BCUT2D eigenvalue weighted by Gasteiger charge is 2.00. The van der Waals surface area contributed by atoms with Crippen LogP contribution in [0.15, 0.2) is 18.3 Å². The maximum Gasteiger partial charge on any atom is 0.309 e. The van der Waals surface area contributed by atoms with Crippen molar-refractivity contribution in [3.63, 3.8) is 0 Å². The van der Waals surface area contributed by atoms with Crippen LogP contribution in [0.5, 0.6) is 0 Å². The molecule has 5 heteroatoms. The monoisotopic (exact) mass is 236 g/mol. The first-order valence-corrected chi connectivity index (χ1v) is 5.34. The van der Waals surface area contributed by atoms with Crippen LogP contribution in [0, 0.1) is 0 Å². The van der Waals surface area contributed by atoms with Gasteiger partial charge < -0.3 is 15.6 Å². The van der Waals surface area contributed by atoms with E-state index in [2.05, 4.69) is 4.98 Å². The minimum atomic E-state index is -0.269. The number of hydrogen-bond acceptors (Lipinski definition) is 5. The molecule has 0 atom stereocenters. The molecule has 0 unspecified atom stereocenters. The van der Waals surface area contributed by atoms with E-state index in [0.717, 1.165) is 5.56 Å². The Hall–Kier alpha value is -1.88. The molecule has 1 aromatic rings. The zero-order valence-corrected chi connectivity index (χ0v) is 9.72. The number of nitrogens with two attached hydrogens (primary N) is 1. The van der Waals surface area contributed by atoms with Gasteiger partial charge in [0.2, 0.25) is 0 Å². The van der Waals surface area contributed by atoms with Crippen LogP contribution in [0.3, 0.4) is 0 Å². The highest BCUT2D eigenvalue weighted by molar-refractivity contribution is 5.72. The van der Waals surface area contributed by atoms with E-state index in [9.17, 15) is 4.79 Å². The standard InChI is InChI=1S/C12H16N2O3/c1-2-17-11(16)5-3-4-9-6-10(8-15)12(13)14-7-9/h3-4,6-7,15H,2,5,8H2,1H3,(H2,13,14). The third-order valence-electron chi connectivity index (χ3n) is 2.09. The number of nitrogens with zero attached hydrogens (tertiary/aromatic N) is 1. The van der Waals surface area contributed by atoms with Gasteiger partial charge in [-0.05, 0) is 18.6 Å². The molecule has 0 spiro atoms. The molecular weight excluding hydrogens is 220 g/mol. The van der Waals surface area contributed by atoms with E-state index in [1.807, 2.05) is 0 Å². The number of aromatic nitrogens is 1. The van der Waals surface area contributed by atoms with Crippen molar-refractivity contribution in [3.8, 4) is 0 Å². The van der Waals surface area contributed by atoms with Gasteiger partial charge >= 0.3 is 5.97 Å². The third kappa shape index (κ3) is 4.24. The van der Waals surface area contributed by atoms with Gasteiger partial charge in [0.05, 0.1) is 19.6 Å². The quantitative estimate of drug-likeness (QED) is 0.748. The number of anilines is 1. The van der Waals surface area contributed by atoms with Gasteiger partial charge in [-0.2, -0.15) is 0 Å². The lowest BCUT2D eigenvalue weighted by Gasteiger charge is -2.02. The number of aliphatic hydroxyl groups is 1. The van der Waals surface area contributed by atoms with Gasteiger partial charge in [0.25, 0.3) is 0 Å². The van der Waals surface area contributed by atoms with Gasteiger partial charge in [-0.15, -0.1) is 0 Å². The molecule has 0 bridgehead atoms. The molecule has 1 aromatic heterocycles. The predicted octanol–water partition coefficient (Wildman–Crippen LogP) is 1.12. The number of esters is 1. The summed E-state index contributed by atoms with van der Waals surface area (Å²) in [5, 5.41) is 9.01. The first-order chi connectivity index (χ1) is 8.17. The van der Waals surface area contributed by atoms with Crippen LogP contribution in [-0.4, -0.2) is 22.7 Å². The van der Waals surface area contributed by atoms with Crippen LogP contribution in [0.4, 0.5) is 5.82 Å². The fourth-order valence-electron chi connectivity index (χ4n) is 1.27. The van der Waals surface area contributed by atoms with E-state index >= 15 is 0 Å². The Kier molecular flexibility index (Phi) is 5.16. The average Bonchev–Trinajstić information content (AvgIpc) is 2.31. The van der Waals surface area contributed by atoms with Crippen LogP contribution in [0.1, 0.15) is 24.5 Å². The second-order valence-electron chi connectivity index (χ2n) is 3.38. The fraction of sp³-hybridized carbons (Fsp3) is 0.333. The van der Waals surface area contributed by atoms with Gasteiger partial charge in [0.1, 0.15) is 5.82 Å². The molecule has 0 saturated carbocycles. The lowest BCUT2D eigenvalue weighted by molar-refractivity contribution is -0.142. The summed E-state index contributed by atoms with van der Waals surface area (Å²) >= 11 is 0. The number of carbonyl (C=O) groups is 1. The first-order valence-electron chi connectivity index (χ1n) is 5.34. The van der Waals surface area contributed by atoms with Crippen molar-refractivity contribution in [2.75, 3.05) is 12.3 Å². The molecule has 5 nitrogen and oxygen atoms in total. The number of nitrogen functional groups attached to an aromatic ring is 1. The summed E-state index contributed by atoms with van der Waals surface area (Å²) in [5.41, 5.74) is 6.90. The van der Waals surface area contributed by atoms with Crippen molar-refractivity contribution in [1.82, 2.24) is 4.98 Å². The summed E-state index contributed by atoms with van der Waals surface area (Å²) in [6.45, 7) is 1.99. The number of ether oxygens (including phenoxy) is 1. The predicted molar refractivity (Wildman–Crippen MR) is 64.9 cm³/mol. The molecule has 0 amide bonds. The van der Waals surface area contributed by atoms with E-state index < -0.39 is 0 Å². The van der Waals surface area contributed by atoms with Crippen molar-refractivity contribution in [2.45, 2.75) is 20.0 Å². The van der Waals surface area contributed by atoms with E-state index in [1.54, 1.807) is 31.3 Å². The molecule has 0 aliphatic rings. The van der Waals surface area contributed by atoms with E-state index in [1.165, 1.54) is 0 Å². The highest BCUT2D eigenvalue weighted by Crippen LogP contribution is 2.12. The van der Waals surface area contributed by atoms with E-state index in [0.29, 0.717) is 18.0 Å². The van der Waals surface area contributed by atoms with Gasteiger partial charge in [-0.25, -0.2) is 4.98 Å². The first kappa shape index (κ1) is 13.2. The van der Waals surface area contributed by atoms with Crippen LogP contribution in [0.25, 0.3) is 6.08 Å². The molecule has 1 heterocycles. The number of carbonyl (C=O) groups excluding carboxylic acids is 1. The van der Waals surface area contributed by atoms with Crippen molar-refractivity contribution in [2.24, 2.45) is 0 Å². The Balaban J connectivity index is 2.62. The lowest BCUT2D eigenvalue weighted by Crippen LogP contribution is -2.01. The largest absolute Gasteiger partial charge is 0.466 e. The summed E-state index contributed by atoms with van der Waals surface area (Å²) in [7, 11) is 0. The van der Waals surface area contributed by atoms with Crippen molar-refractivity contribution in [3.05, 3.63) is 29.5 Å². The Morgan fingerprint density at radius 3 is 3.06 bits per heavy atom. The Labute approximate surface area is 99.9 Å².